The van der Waals surface area contributed by atoms with Crippen molar-refractivity contribution in [3.8, 4) is 0 Å². The molecular formula is C19H34O4. The minimum Gasteiger partial charge on any atom is -0.481 e. The Morgan fingerprint density at radius 2 is 1.65 bits per heavy atom. The monoisotopic (exact) mass is 326 g/mol. The Morgan fingerprint density at radius 1 is 1.04 bits per heavy atom. The maximum atomic E-state index is 12.4. The molecular weight excluding hydrogens is 292 g/mol. The minimum atomic E-state index is -0.731. The Balaban J connectivity index is 2.41. The van der Waals surface area contributed by atoms with Crippen molar-refractivity contribution in [3.63, 3.8) is 0 Å². The molecule has 0 saturated heterocycles. The molecule has 1 rings (SSSR count). The molecule has 1 saturated carbocycles. The third kappa shape index (κ3) is 7.85. The van der Waals surface area contributed by atoms with E-state index in [9.17, 15) is 9.59 Å². The van der Waals surface area contributed by atoms with Gasteiger partial charge in [-0.1, -0.05) is 40.0 Å². The topological polar surface area (TPSA) is 63.6 Å². The van der Waals surface area contributed by atoms with Gasteiger partial charge in [0.25, 0.3) is 0 Å². The van der Waals surface area contributed by atoms with E-state index in [1.807, 2.05) is 0 Å². The van der Waals surface area contributed by atoms with Crippen molar-refractivity contribution in [2.45, 2.75) is 91.1 Å². The van der Waals surface area contributed by atoms with Crippen molar-refractivity contribution in [1.29, 1.82) is 0 Å². The average Bonchev–Trinajstić information content (AvgIpc) is 2.51. The summed E-state index contributed by atoms with van der Waals surface area (Å²) in [5, 5.41) is 9.03. The smallest absolute Gasteiger partial charge is 0.309 e. The standard InChI is InChI=1S/C19H34O4/c1-4-5-6-7-8-17(13-14(2)3)23-19(22)16-11-9-15(10-12-16)18(20)21/h14-17H,4-13H2,1-3H3,(H,20,21). The van der Waals surface area contributed by atoms with Gasteiger partial charge in [-0.05, 0) is 50.9 Å². The summed E-state index contributed by atoms with van der Waals surface area (Å²) in [5.41, 5.74) is 0. The Hall–Kier alpha value is -1.06. The van der Waals surface area contributed by atoms with Crippen molar-refractivity contribution < 1.29 is 19.4 Å². The highest BCUT2D eigenvalue weighted by Crippen LogP contribution is 2.30. The average molecular weight is 326 g/mol. The van der Waals surface area contributed by atoms with E-state index in [4.69, 9.17) is 9.84 Å². The van der Waals surface area contributed by atoms with Gasteiger partial charge < -0.3 is 9.84 Å². The molecule has 23 heavy (non-hydrogen) atoms. The van der Waals surface area contributed by atoms with Crippen LogP contribution in [0.2, 0.25) is 0 Å². The van der Waals surface area contributed by atoms with E-state index in [-0.39, 0.29) is 23.9 Å². The van der Waals surface area contributed by atoms with E-state index in [0.29, 0.717) is 31.6 Å². The predicted octanol–water partition coefficient (Wildman–Crippen LogP) is 4.81. The normalized spacial score (nSPS) is 22.8. The number of carbonyl (C=O) groups is 2. The van der Waals surface area contributed by atoms with E-state index < -0.39 is 5.97 Å². The molecule has 0 aromatic heterocycles. The summed E-state index contributed by atoms with van der Waals surface area (Å²) in [7, 11) is 0. The lowest BCUT2D eigenvalue weighted by Gasteiger charge is -2.27. The van der Waals surface area contributed by atoms with Gasteiger partial charge in [-0.3, -0.25) is 9.59 Å². The number of hydrogen-bond donors (Lipinski definition) is 1. The first-order chi connectivity index (χ1) is 10.9. The van der Waals surface area contributed by atoms with Crippen LogP contribution in [-0.4, -0.2) is 23.1 Å². The highest BCUT2D eigenvalue weighted by atomic mass is 16.5. The van der Waals surface area contributed by atoms with Gasteiger partial charge in [-0.25, -0.2) is 0 Å². The molecule has 0 amide bonds. The van der Waals surface area contributed by atoms with E-state index in [0.717, 1.165) is 19.3 Å². The zero-order chi connectivity index (χ0) is 17.2. The summed E-state index contributed by atoms with van der Waals surface area (Å²) < 4.78 is 5.79. The summed E-state index contributed by atoms with van der Waals surface area (Å²) in [6, 6.07) is 0. The lowest BCUT2D eigenvalue weighted by molar-refractivity contribution is -0.158. The Labute approximate surface area is 141 Å². The van der Waals surface area contributed by atoms with Gasteiger partial charge in [0, 0.05) is 0 Å². The number of hydrogen-bond acceptors (Lipinski definition) is 3. The third-order valence-corrected chi connectivity index (χ3v) is 4.81. The number of esters is 1. The SMILES string of the molecule is CCCCCCC(CC(C)C)OC(=O)C1CCC(C(=O)O)CC1. The molecule has 4 heteroatoms. The van der Waals surface area contributed by atoms with Crippen LogP contribution in [0.15, 0.2) is 0 Å². The zero-order valence-corrected chi connectivity index (χ0v) is 15.1. The van der Waals surface area contributed by atoms with Gasteiger partial charge in [0.2, 0.25) is 0 Å². The Morgan fingerprint density at radius 3 is 2.17 bits per heavy atom. The van der Waals surface area contributed by atoms with Gasteiger partial charge in [-0.15, -0.1) is 0 Å². The molecule has 0 radical (unpaired) electrons. The van der Waals surface area contributed by atoms with Gasteiger partial charge in [0.05, 0.1) is 11.8 Å². The lowest BCUT2D eigenvalue weighted by atomic mass is 9.82. The highest BCUT2D eigenvalue weighted by molar-refractivity contribution is 5.74. The molecule has 1 N–H and O–H groups in total. The van der Waals surface area contributed by atoms with Crippen LogP contribution in [0, 0.1) is 17.8 Å². The van der Waals surface area contributed by atoms with Crippen LogP contribution in [0.1, 0.15) is 85.0 Å². The fourth-order valence-electron chi connectivity index (χ4n) is 3.39. The third-order valence-electron chi connectivity index (χ3n) is 4.81. The van der Waals surface area contributed by atoms with Gasteiger partial charge >= 0.3 is 11.9 Å². The number of aliphatic carboxylic acids is 1. The van der Waals surface area contributed by atoms with E-state index >= 15 is 0 Å². The van der Waals surface area contributed by atoms with E-state index in [1.54, 1.807) is 0 Å². The molecule has 1 atom stereocenters. The molecule has 4 nitrogen and oxygen atoms in total. The first-order valence-corrected chi connectivity index (χ1v) is 9.37. The molecule has 1 aliphatic carbocycles. The van der Waals surface area contributed by atoms with E-state index in [2.05, 4.69) is 20.8 Å². The summed E-state index contributed by atoms with van der Waals surface area (Å²) in [4.78, 5) is 23.4. The van der Waals surface area contributed by atoms with Crippen molar-refractivity contribution in [3.05, 3.63) is 0 Å². The lowest BCUT2D eigenvalue weighted by Crippen LogP contribution is -2.30. The molecule has 1 unspecified atom stereocenters. The summed E-state index contributed by atoms with van der Waals surface area (Å²) >= 11 is 0. The quantitative estimate of drug-likeness (QED) is 0.462. The van der Waals surface area contributed by atoms with Crippen molar-refractivity contribution in [1.82, 2.24) is 0 Å². The van der Waals surface area contributed by atoms with Crippen LogP contribution in [0.5, 0.6) is 0 Å². The van der Waals surface area contributed by atoms with Crippen LogP contribution in [0.4, 0.5) is 0 Å². The number of carboxylic acid groups (broad SMARTS) is 1. The summed E-state index contributed by atoms with van der Waals surface area (Å²) in [5.74, 6) is -0.697. The fourth-order valence-corrected chi connectivity index (χ4v) is 3.39. The molecule has 0 spiro atoms. The number of rotatable bonds is 10. The molecule has 134 valence electrons. The molecule has 1 aliphatic rings. The number of carboxylic acids is 1. The van der Waals surface area contributed by atoms with Gasteiger partial charge in [0.1, 0.15) is 6.10 Å². The first-order valence-electron chi connectivity index (χ1n) is 9.37. The predicted molar refractivity (Wildman–Crippen MR) is 91.2 cm³/mol. The number of carbonyl (C=O) groups excluding carboxylic acids is 1. The molecule has 0 bridgehead atoms. The van der Waals surface area contributed by atoms with Crippen molar-refractivity contribution in [2.75, 3.05) is 0 Å². The van der Waals surface area contributed by atoms with E-state index in [1.165, 1.54) is 19.3 Å². The Bertz CT molecular complexity index is 356. The van der Waals surface area contributed by atoms with Crippen LogP contribution in [-0.2, 0) is 14.3 Å². The first kappa shape index (κ1) is 20.0. The minimum absolute atomic E-state index is 0.0246. The second-order valence-corrected chi connectivity index (χ2v) is 7.42. The zero-order valence-electron chi connectivity index (χ0n) is 15.1. The van der Waals surface area contributed by atoms with Gasteiger partial charge in [-0.2, -0.15) is 0 Å². The molecule has 1 fully saturated rings. The van der Waals surface area contributed by atoms with Crippen LogP contribution >= 0.6 is 0 Å². The van der Waals surface area contributed by atoms with Crippen LogP contribution in [0.25, 0.3) is 0 Å². The number of unbranched alkanes of at least 4 members (excludes halogenated alkanes) is 3. The van der Waals surface area contributed by atoms with Crippen LogP contribution < -0.4 is 0 Å². The van der Waals surface area contributed by atoms with Crippen molar-refractivity contribution in [2.24, 2.45) is 17.8 Å². The Kier molecular flexibility index (Phi) is 9.27. The van der Waals surface area contributed by atoms with Gasteiger partial charge in [0.15, 0.2) is 0 Å². The maximum Gasteiger partial charge on any atom is 0.309 e. The molecule has 0 aromatic rings. The molecule has 0 aliphatic heterocycles. The largest absolute Gasteiger partial charge is 0.481 e. The summed E-state index contributed by atoms with van der Waals surface area (Å²) in [6.45, 7) is 6.51. The number of ether oxygens (including phenoxy) is 1. The van der Waals surface area contributed by atoms with Crippen LogP contribution in [0.3, 0.4) is 0 Å². The molecule has 0 heterocycles. The maximum absolute atomic E-state index is 12.4. The fraction of sp³-hybridized carbons (Fsp3) is 0.895. The van der Waals surface area contributed by atoms with Crippen molar-refractivity contribution >= 4 is 11.9 Å². The summed E-state index contributed by atoms with van der Waals surface area (Å²) in [6.07, 6.45) is 9.16. The second kappa shape index (κ2) is 10.7. The second-order valence-electron chi connectivity index (χ2n) is 7.42. The highest BCUT2D eigenvalue weighted by Gasteiger charge is 2.31. The molecule has 0 aromatic carbocycles.